The lowest BCUT2D eigenvalue weighted by Gasteiger charge is -2.14. The lowest BCUT2D eigenvalue weighted by molar-refractivity contribution is -0.120. The molecule has 0 saturated carbocycles. The van der Waals surface area contributed by atoms with Crippen LogP contribution in [-0.4, -0.2) is 18.2 Å². The maximum absolute atomic E-state index is 11.9. The number of rotatable bonds is 6. The molecule has 0 heterocycles. The highest BCUT2D eigenvalue weighted by molar-refractivity contribution is 14.1. The van der Waals surface area contributed by atoms with Gasteiger partial charge in [-0.2, -0.15) is 5.10 Å². The number of hydrogen-bond donors (Lipinski definition) is 1. The highest BCUT2D eigenvalue weighted by Gasteiger charge is 2.10. The lowest BCUT2D eigenvalue weighted by atomic mass is 10.1. The molecule has 25 heavy (non-hydrogen) atoms. The zero-order valence-electron chi connectivity index (χ0n) is 13.7. The standard InChI is InChI=1S/C18H17BrI2N2O2/c1-11(2)25-18-15(20)7-13(8-16(18)21)10-22-23-17(24)9-12-3-5-14(19)6-4-12/h3-8,10-11H,9H2,1-2H3,(H,23,24)/b22-10-. The Morgan fingerprint density at radius 3 is 2.40 bits per heavy atom. The van der Waals surface area contributed by atoms with Crippen molar-refractivity contribution in [1.29, 1.82) is 0 Å². The van der Waals surface area contributed by atoms with Gasteiger partial charge in [0.25, 0.3) is 0 Å². The van der Waals surface area contributed by atoms with Crippen LogP contribution >= 0.6 is 61.1 Å². The fourth-order valence-corrected chi connectivity index (χ4v) is 4.34. The Bertz CT molecular complexity index is 754. The Morgan fingerprint density at radius 2 is 1.84 bits per heavy atom. The number of nitrogens with zero attached hydrogens (tertiary/aromatic N) is 1. The van der Waals surface area contributed by atoms with E-state index in [1.807, 2.05) is 50.2 Å². The molecule has 7 heteroatoms. The Labute approximate surface area is 183 Å². The normalized spacial score (nSPS) is 11.1. The van der Waals surface area contributed by atoms with Gasteiger partial charge in [-0.05, 0) is 94.4 Å². The zero-order chi connectivity index (χ0) is 18.4. The van der Waals surface area contributed by atoms with Gasteiger partial charge < -0.3 is 4.74 Å². The first-order valence-electron chi connectivity index (χ1n) is 7.57. The number of hydrazone groups is 1. The first-order valence-corrected chi connectivity index (χ1v) is 10.5. The summed E-state index contributed by atoms with van der Waals surface area (Å²) in [4.78, 5) is 11.9. The number of amides is 1. The van der Waals surface area contributed by atoms with E-state index in [0.29, 0.717) is 6.42 Å². The Balaban J connectivity index is 1.97. The molecular weight excluding hydrogens is 610 g/mol. The number of nitrogens with one attached hydrogen (secondary N) is 1. The third kappa shape index (κ3) is 6.86. The number of ether oxygens (including phenoxy) is 1. The summed E-state index contributed by atoms with van der Waals surface area (Å²) in [6.45, 7) is 4.00. The molecule has 1 amide bonds. The summed E-state index contributed by atoms with van der Waals surface area (Å²) in [5.74, 6) is 0.732. The third-order valence-corrected chi connectivity index (χ3v) is 5.19. The topological polar surface area (TPSA) is 50.7 Å². The van der Waals surface area contributed by atoms with Crippen LogP contribution in [0, 0.1) is 7.14 Å². The van der Waals surface area contributed by atoms with E-state index in [4.69, 9.17) is 4.74 Å². The predicted octanol–water partition coefficient (Wildman–Crippen LogP) is 5.14. The van der Waals surface area contributed by atoms with Crippen LogP contribution in [0.5, 0.6) is 5.75 Å². The molecule has 0 aliphatic carbocycles. The summed E-state index contributed by atoms with van der Waals surface area (Å²) in [5, 5.41) is 4.05. The van der Waals surface area contributed by atoms with Crippen molar-refractivity contribution in [1.82, 2.24) is 5.43 Å². The molecule has 0 aliphatic heterocycles. The molecule has 0 unspecified atom stereocenters. The molecule has 132 valence electrons. The summed E-state index contributed by atoms with van der Waals surface area (Å²) in [6, 6.07) is 11.6. The highest BCUT2D eigenvalue weighted by Crippen LogP contribution is 2.29. The van der Waals surface area contributed by atoms with E-state index in [1.165, 1.54) is 0 Å². The van der Waals surface area contributed by atoms with E-state index in [1.54, 1.807) is 6.21 Å². The van der Waals surface area contributed by atoms with Crippen molar-refractivity contribution in [3.63, 3.8) is 0 Å². The average Bonchev–Trinajstić information content (AvgIpc) is 2.53. The van der Waals surface area contributed by atoms with Crippen molar-refractivity contribution in [2.45, 2.75) is 26.4 Å². The summed E-state index contributed by atoms with van der Waals surface area (Å²) in [7, 11) is 0. The Morgan fingerprint density at radius 1 is 1.24 bits per heavy atom. The molecule has 0 spiro atoms. The molecule has 1 N–H and O–H groups in total. The van der Waals surface area contributed by atoms with Crippen molar-refractivity contribution < 1.29 is 9.53 Å². The molecule has 0 bridgehead atoms. The van der Waals surface area contributed by atoms with E-state index in [2.05, 4.69) is 71.6 Å². The van der Waals surface area contributed by atoms with Gasteiger partial charge in [-0.3, -0.25) is 4.79 Å². The van der Waals surface area contributed by atoms with Crippen LogP contribution in [0.15, 0.2) is 46.0 Å². The molecule has 0 fully saturated rings. The molecule has 4 nitrogen and oxygen atoms in total. The highest BCUT2D eigenvalue weighted by atomic mass is 127. The van der Waals surface area contributed by atoms with Crippen molar-refractivity contribution in [3.05, 3.63) is 59.1 Å². The quantitative estimate of drug-likeness (QED) is 0.274. The van der Waals surface area contributed by atoms with Crippen LogP contribution in [0.3, 0.4) is 0 Å². The van der Waals surface area contributed by atoms with E-state index in [-0.39, 0.29) is 12.0 Å². The Kier molecular flexibility index (Phi) is 8.14. The van der Waals surface area contributed by atoms with Gasteiger partial charge in [0.05, 0.1) is 25.9 Å². The molecule has 0 atom stereocenters. The van der Waals surface area contributed by atoms with Crippen LogP contribution in [0.25, 0.3) is 0 Å². The predicted molar refractivity (Wildman–Crippen MR) is 121 cm³/mol. The fraction of sp³-hybridized carbons (Fsp3) is 0.222. The van der Waals surface area contributed by atoms with E-state index >= 15 is 0 Å². The summed E-state index contributed by atoms with van der Waals surface area (Å²) in [6.07, 6.45) is 2.06. The van der Waals surface area contributed by atoms with Crippen LogP contribution in [0.1, 0.15) is 25.0 Å². The van der Waals surface area contributed by atoms with Gasteiger partial charge in [-0.15, -0.1) is 0 Å². The van der Waals surface area contributed by atoms with Crippen molar-refractivity contribution >= 4 is 73.2 Å². The molecule has 2 aromatic carbocycles. The van der Waals surface area contributed by atoms with E-state index in [9.17, 15) is 4.79 Å². The van der Waals surface area contributed by atoms with Crippen molar-refractivity contribution in [3.8, 4) is 5.75 Å². The third-order valence-electron chi connectivity index (χ3n) is 3.05. The molecule has 2 rings (SSSR count). The van der Waals surface area contributed by atoms with E-state index in [0.717, 1.165) is 28.5 Å². The second-order valence-electron chi connectivity index (χ2n) is 5.58. The summed E-state index contributed by atoms with van der Waals surface area (Å²) < 4.78 is 8.83. The van der Waals surface area contributed by atoms with Gasteiger partial charge >= 0.3 is 0 Å². The second kappa shape index (κ2) is 9.86. The number of carbonyl (C=O) groups excluding carboxylic acids is 1. The van der Waals surface area contributed by atoms with Crippen molar-refractivity contribution in [2.75, 3.05) is 0 Å². The number of carbonyl (C=O) groups is 1. The maximum Gasteiger partial charge on any atom is 0.244 e. The number of benzene rings is 2. The minimum absolute atomic E-state index is 0.124. The molecule has 0 aliphatic rings. The van der Waals surface area contributed by atoms with Gasteiger partial charge in [0.15, 0.2) is 0 Å². The number of hydrogen-bond acceptors (Lipinski definition) is 3. The summed E-state index contributed by atoms with van der Waals surface area (Å²) in [5.41, 5.74) is 4.41. The molecule has 0 radical (unpaired) electrons. The minimum atomic E-state index is -0.150. The number of halogens is 3. The van der Waals surface area contributed by atoms with Crippen LogP contribution in [-0.2, 0) is 11.2 Å². The van der Waals surface area contributed by atoms with Crippen molar-refractivity contribution in [2.24, 2.45) is 5.10 Å². The first kappa shape index (κ1) is 20.6. The van der Waals surface area contributed by atoms with E-state index < -0.39 is 0 Å². The van der Waals surface area contributed by atoms with Crippen LogP contribution in [0.4, 0.5) is 0 Å². The van der Waals surface area contributed by atoms with Gasteiger partial charge in [0.1, 0.15) is 5.75 Å². The van der Waals surface area contributed by atoms with Crippen LogP contribution < -0.4 is 10.2 Å². The molecule has 2 aromatic rings. The van der Waals surface area contributed by atoms with Gasteiger partial charge in [-0.25, -0.2) is 5.43 Å². The monoisotopic (exact) mass is 626 g/mol. The van der Waals surface area contributed by atoms with Gasteiger partial charge in [-0.1, -0.05) is 28.1 Å². The van der Waals surface area contributed by atoms with Gasteiger partial charge in [0, 0.05) is 4.47 Å². The fourth-order valence-electron chi connectivity index (χ4n) is 2.01. The largest absolute Gasteiger partial charge is 0.489 e. The van der Waals surface area contributed by atoms with Gasteiger partial charge in [0.2, 0.25) is 5.91 Å². The average molecular weight is 627 g/mol. The molecule has 0 saturated heterocycles. The lowest BCUT2D eigenvalue weighted by Crippen LogP contribution is -2.19. The van der Waals surface area contributed by atoms with Crippen LogP contribution in [0.2, 0.25) is 0 Å². The SMILES string of the molecule is CC(C)Oc1c(I)cc(/C=N\NC(=O)Cc2ccc(Br)cc2)cc1I. The maximum atomic E-state index is 11.9. The Hall–Kier alpha value is -0.680. The summed E-state index contributed by atoms with van der Waals surface area (Å²) >= 11 is 7.87. The zero-order valence-corrected chi connectivity index (χ0v) is 19.6. The molecular formula is C18H17BrI2N2O2. The first-order chi connectivity index (χ1) is 11.8. The minimum Gasteiger partial charge on any atom is -0.489 e. The smallest absolute Gasteiger partial charge is 0.244 e. The second-order valence-corrected chi connectivity index (χ2v) is 8.82. The molecule has 0 aromatic heterocycles.